The molecule has 38 heavy (non-hydrogen) atoms. The standard InChI is InChI=1S/C27H23ClN6O3S/c1-32(25-23-10-7-20(28)12-24(23)34-17-29-31-26(34)30-25)21-4-2-3-19(11-21)18-5-8-22(9-6-18)38(35,36)33-13-27(14-33)15-37-16-27/h2-12,17H,13-16H2,1H3. The summed E-state index contributed by atoms with van der Waals surface area (Å²) in [5, 5.41) is 9.67. The van der Waals surface area contributed by atoms with E-state index in [4.69, 9.17) is 21.3 Å². The Morgan fingerprint density at radius 1 is 1.00 bits per heavy atom. The lowest BCUT2D eigenvalue weighted by Crippen LogP contribution is -2.66. The van der Waals surface area contributed by atoms with Crippen LogP contribution in [-0.2, 0) is 14.8 Å². The number of hydrogen-bond acceptors (Lipinski definition) is 7. The van der Waals surface area contributed by atoms with Gasteiger partial charge in [-0.2, -0.15) is 9.29 Å². The van der Waals surface area contributed by atoms with Crippen LogP contribution in [0.15, 0.2) is 78.0 Å². The van der Waals surface area contributed by atoms with Crippen LogP contribution in [0.25, 0.3) is 27.8 Å². The topological polar surface area (TPSA) is 92.9 Å². The molecule has 5 aromatic rings. The predicted octanol–water partition coefficient (Wildman–Crippen LogP) is 4.39. The molecule has 3 aromatic carbocycles. The average molecular weight is 547 g/mol. The van der Waals surface area contributed by atoms with Gasteiger partial charge in [-0.3, -0.25) is 4.40 Å². The molecule has 0 radical (unpaired) electrons. The summed E-state index contributed by atoms with van der Waals surface area (Å²) >= 11 is 6.28. The number of halogens is 1. The number of sulfonamides is 1. The third-order valence-electron chi connectivity index (χ3n) is 7.41. The second-order valence-electron chi connectivity index (χ2n) is 10.00. The molecule has 0 N–H and O–H groups in total. The highest BCUT2D eigenvalue weighted by Gasteiger charge is 2.53. The number of anilines is 2. The minimum Gasteiger partial charge on any atom is -0.380 e. The zero-order valence-electron chi connectivity index (χ0n) is 20.5. The number of benzene rings is 3. The number of rotatable bonds is 5. The van der Waals surface area contributed by atoms with Gasteiger partial charge in [-0.25, -0.2) is 8.42 Å². The van der Waals surface area contributed by atoms with Gasteiger partial charge in [0.15, 0.2) is 0 Å². The molecule has 192 valence electrons. The van der Waals surface area contributed by atoms with E-state index in [0.717, 1.165) is 33.5 Å². The summed E-state index contributed by atoms with van der Waals surface area (Å²) in [5.41, 5.74) is 3.69. The zero-order valence-corrected chi connectivity index (χ0v) is 22.0. The van der Waals surface area contributed by atoms with Gasteiger partial charge in [0.25, 0.3) is 5.78 Å². The molecular formula is C27H23ClN6O3S. The molecule has 0 bridgehead atoms. The Bertz CT molecular complexity index is 1810. The van der Waals surface area contributed by atoms with Crippen molar-refractivity contribution in [2.75, 3.05) is 38.3 Å². The monoisotopic (exact) mass is 546 g/mol. The summed E-state index contributed by atoms with van der Waals surface area (Å²) in [6.45, 7) is 2.35. The normalized spacial score (nSPS) is 17.0. The van der Waals surface area contributed by atoms with E-state index in [2.05, 4.69) is 16.3 Å². The van der Waals surface area contributed by atoms with Crippen molar-refractivity contribution in [2.24, 2.45) is 5.41 Å². The van der Waals surface area contributed by atoms with Gasteiger partial charge in [-0.15, -0.1) is 10.2 Å². The fourth-order valence-corrected chi connectivity index (χ4v) is 7.04. The Morgan fingerprint density at radius 3 is 2.53 bits per heavy atom. The zero-order chi connectivity index (χ0) is 26.1. The maximum absolute atomic E-state index is 13.0. The lowest BCUT2D eigenvalue weighted by atomic mass is 9.80. The quantitative estimate of drug-likeness (QED) is 0.323. The van der Waals surface area contributed by atoms with E-state index in [0.29, 0.717) is 42.0 Å². The number of aromatic nitrogens is 4. The van der Waals surface area contributed by atoms with Crippen molar-refractivity contribution in [1.82, 2.24) is 23.9 Å². The molecule has 2 aliphatic heterocycles. The number of hydrogen-bond donors (Lipinski definition) is 0. The Hall–Kier alpha value is -3.57. The molecule has 7 rings (SSSR count). The molecule has 2 saturated heterocycles. The first-order valence-corrected chi connectivity index (χ1v) is 14.0. The van der Waals surface area contributed by atoms with Crippen LogP contribution >= 0.6 is 11.6 Å². The fraction of sp³-hybridized carbons (Fsp3) is 0.222. The molecule has 0 atom stereocenters. The van der Waals surface area contributed by atoms with Crippen LogP contribution in [0.1, 0.15) is 0 Å². The van der Waals surface area contributed by atoms with Gasteiger partial charge in [0.2, 0.25) is 10.0 Å². The van der Waals surface area contributed by atoms with Crippen molar-refractivity contribution < 1.29 is 13.2 Å². The second-order valence-corrected chi connectivity index (χ2v) is 12.4. The molecule has 0 aliphatic carbocycles. The maximum atomic E-state index is 13.0. The van der Waals surface area contributed by atoms with Crippen molar-refractivity contribution >= 4 is 49.8 Å². The van der Waals surface area contributed by atoms with Crippen molar-refractivity contribution in [3.05, 3.63) is 78.1 Å². The minimum absolute atomic E-state index is 0.0323. The van der Waals surface area contributed by atoms with E-state index in [-0.39, 0.29) is 5.41 Å². The first kappa shape index (κ1) is 23.5. The van der Waals surface area contributed by atoms with Crippen LogP contribution in [0.2, 0.25) is 5.02 Å². The summed E-state index contributed by atoms with van der Waals surface area (Å²) in [7, 11) is -1.55. The van der Waals surface area contributed by atoms with Crippen LogP contribution in [0.5, 0.6) is 0 Å². The van der Waals surface area contributed by atoms with E-state index in [1.54, 1.807) is 18.5 Å². The molecule has 11 heteroatoms. The second kappa shape index (κ2) is 8.47. The molecule has 4 heterocycles. The highest BCUT2D eigenvalue weighted by atomic mass is 35.5. The van der Waals surface area contributed by atoms with Crippen LogP contribution in [0.4, 0.5) is 11.5 Å². The fourth-order valence-electron chi connectivity index (χ4n) is 5.21. The van der Waals surface area contributed by atoms with E-state index < -0.39 is 10.0 Å². The maximum Gasteiger partial charge on any atom is 0.257 e. The van der Waals surface area contributed by atoms with Crippen LogP contribution in [-0.4, -0.2) is 65.7 Å². The summed E-state index contributed by atoms with van der Waals surface area (Å²) in [6, 6.07) is 20.8. The lowest BCUT2D eigenvalue weighted by Gasteiger charge is -2.53. The smallest absolute Gasteiger partial charge is 0.257 e. The minimum atomic E-state index is -3.50. The van der Waals surface area contributed by atoms with Gasteiger partial charge in [0.05, 0.1) is 23.6 Å². The number of fused-ring (bicyclic) bond motifs is 3. The van der Waals surface area contributed by atoms with Crippen molar-refractivity contribution in [3.8, 4) is 11.1 Å². The number of ether oxygens (including phenoxy) is 1. The Kier molecular flexibility index (Phi) is 5.25. The van der Waals surface area contributed by atoms with E-state index in [1.165, 1.54) is 4.31 Å². The highest BCUT2D eigenvalue weighted by Crippen LogP contribution is 2.41. The highest BCUT2D eigenvalue weighted by molar-refractivity contribution is 7.89. The molecule has 2 aliphatic rings. The van der Waals surface area contributed by atoms with E-state index >= 15 is 0 Å². The molecule has 0 unspecified atom stereocenters. The molecule has 0 amide bonds. The largest absolute Gasteiger partial charge is 0.380 e. The van der Waals surface area contributed by atoms with Crippen molar-refractivity contribution in [1.29, 1.82) is 0 Å². The molecule has 9 nitrogen and oxygen atoms in total. The van der Waals surface area contributed by atoms with Gasteiger partial charge in [0.1, 0.15) is 12.1 Å². The lowest BCUT2D eigenvalue weighted by molar-refractivity contribution is -0.166. The first-order chi connectivity index (χ1) is 18.3. The molecular weight excluding hydrogens is 524 g/mol. The van der Waals surface area contributed by atoms with Gasteiger partial charge in [0, 0.05) is 41.6 Å². The van der Waals surface area contributed by atoms with Gasteiger partial charge in [-0.05, 0) is 53.6 Å². The summed E-state index contributed by atoms with van der Waals surface area (Å²) in [4.78, 5) is 7.06. The van der Waals surface area contributed by atoms with Crippen molar-refractivity contribution in [2.45, 2.75) is 4.90 Å². The molecule has 2 fully saturated rings. The Balaban J connectivity index is 1.19. The molecule has 0 saturated carbocycles. The Morgan fingerprint density at radius 2 is 1.79 bits per heavy atom. The van der Waals surface area contributed by atoms with Gasteiger partial charge < -0.3 is 9.64 Å². The molecule has 1 spiro atoms. The predicted molar refractivity (Wildman–Crippen MR) is 145 cm³/mol. The average Bonchev–Trinajstić information content (AvgIpc) is 3.35. The SMILES string of the molecule is CN(c1cccc(-c2ccc(S(=O)(=O)N3CC4(COC4)C3)cc2)c1)c1nc2nncn2c2cc(Cl)ccc12. The molecule has 2 aromatic heterocycles. The van der Waals surface area contributed by atoms with E-state index in [9.17, 15) is 8.42 Å². The third kappa shape index (κ3) is 3.67. The Labute approximate surface area is 224 Å². The van der Waals surface area contributed by atoms with Crippen LogP contribution in [0.3, 0.4) is 0 Å². The van der Waals surface area contributed by atoms with Gasteiger partial charge in [-0.1, -0.05) is 35.9 Å². The van der Waals surface area contributed by atoms with Crippen LogP contribution in [0, 0.1) is 5.41 Å². The first-order valence-electron chi connectivity index (χ1n) is 12.1. The summed E-state index contributed by atoms with van der Waals surface area (Å²) in [6.07, 6.45) is 1.62. The summed E-state index contributed by atoms with van der Waals surface area (Å²) < 4.78 is 34.7. The van der Waals surface area contributed by atoms with Crippen molar-refractivity contribution in [3.63, 3.8) is 0 Å². The van der Waals surface area contributed by atoms with E-state index in [1.807, 2.05) is 64.9 Å². The number of nitrogens with zero attached hydrogens (tertiary/aromatic N) is 6. The van der Waals surface area contributed by atoms with Crippen LogP contribution < -0.4 is 4.90 Å². The third-order valence-corrected chi connectivity index (χ3v) is 9.45. The summed E-state index contributed by atoms with van der Waals surface area (Å²) in [5.74, 6) is 1.20. The van der Waals surface area contributed by atoms with Gasteiger partial charge >= 0.3 is 0 Å².